The molecule has 2 fully saturated rings. The molecule has 1 aliphatic heterocycles. The van der Waals surface area contributed by atoms with Crippen LogP contribution in [0.4, 0.5) is 5.69 Å². The molecule has 1 saturated carbocycles. The van der Waals surface area contributed by atoms with Gasteiger partial charge in [0, 0.05) is 32.2 Å². The number of hydrogen-bond donors (Lipinski definition) is 1. The van der Waals surface area contributed by atoms with Crippen LogP contribution >= 0.6 is 0 Å². The molecule has 3 heterocycles. The summed E-state index contributed by atoms with van der Waals surface area (Å²) in [5.74, 6) is 0.805. The predicted molar refractivity (Wildman–Crippen MR) is 156 cm³/mol. The number of aryl methyl sites for hydroxylation is 1. The van der Waals surface area contributed by atoms with Crippen LogP contribution in [-0.4, -0.2) is 64.7 Å². The predicted octanol–water partition coefficient (Wildman–Crippen LogP) is 5.37. The smallest absolute Gasteiger partial charge is 0.291 e. The highest BCUT2D eigenvalue weighted by molar-refractivity contribution is 5.91. The Morgan fingerprint density at radius 3 is 2.55 bits per heavy atom. The number of amides is 1. The van der Waals surface area contributed by atoms with Crippen LogP contribution in [0.15, 0.2) is 61.3 Å². The first-order chi connectivity index (χ1) is 18.3. The third-order valence-corrected chi connectivity index (χ3v) is 8.10. The second kappa shape index (κ2) is 12.6. The van der Waals surface area contributed by atoms with Crippen molar-refractivity contribution in [1.29, 1.82) is 0 Å². The molecule has 1 amide bonds. The van der Waals surface area contributed by atoms with Crippen molar-refractivity contribution in [1.82, 2.24) is 24.8 Å². The molecule has 1 aromatic carbocycles. The first-order valence-corrected chi connectivity index (χ1v) is 14.0. The highest BCUT2D eigenvalue weighted by Crippen LogP contribution is 2.41. The van der Waals surface area contributed by atoms with Crippen LogP contribution in [0.3, 0.4) is 0 Å². The summed E-state index contributed by atoms with van der Waals surface area (Å²) in [5.41, 5.74) is 3.21. The zero-order valence-electron chi connectivity index (χ0n) is 23.6. The van der Waals surface area contributed by atoms with Crippen LogP contribution in [0, 0.1) is 18.3 Å². The third-order valence-electron chi connectivity index (χ3n) is 8.10. The minimum atomic E-state index is -0.166. The number of fused-ring (bicyclic) bond motifs is 1. The summed E-state index contributed by atoms with van der Waals surface area (Å²) in [4.78, 5) is 22.3. The van der Waals surface area contributed by atoms with Crippen LogP contribution in [-0.2, 0) is 0 Å². The van der Waals surface area contributed by atoms with Crippen LogP contribution in [0.1, 0.15) is 62.1 Å². The Balaban J connectivity index is 0.000000494. The van der Waals surface area contributed by atoms with Crippen molar-refractivity contribution in [2.45, 2.75) is 58.9 Å². The molecule has 0 bridgehead atoms. The minimum absolute atomic E-state index is 0.166. The Morgan fingerprint density at radius 1 is 1.24 bits per heavy atom. The fourth-order valence-electron chi connectivity index (χ4n) is 5.97. The quantitative estimate of drug-likeness (QED) is 0.408. The number of aromatic nitrogens is 3. The third kappa shape index (κ3) is 6.81. The molecule has 204 valence electrons. The second-order valence-corrected chi connectivity index (χ2v) is 11.3. The molecule has 2 aliphatic rings. The van der Waals surface area contributed by atoms with E-state index < -0.39 is 0 Å². The fraction of sp³-hybridized carbons (Fsp3) is 0.516. The summed E-state index contributed by atoms with van der Waals surface area (Å²) in [6.07, 6.45) is 9.43. The lowest BCUT2D eigenvalue weighted by atomic mass is 9.82. The first-order valence-electron chi connectivity index (χ1n) is 14.0. The number of likely N-dealkylation sites (N-methyl/N-ethyl adjacent to an activating group) is 1. The van der Waals surface area contributed by atoms with Crippen molar-refractivity contribution in [3.63, 3.8) is 0 Å². The Bertz CT molecular complexity index is 1180. The van der Waals surface area contributed by atoms with E-state index in [-0.39, 0.29) is 23.2 Å². The van der Waals surface area contributed by atoms with Gasteiger partial charge in [0.2, 0.25) is 5.82 Å². The number of carbonyl (C=O) groups excluding carboxylic acids is 1. The standard InChI is InChI=1S/C25H38N6O.C6H6/c1-6-11-29(5)17-25(7-2)10-8-20(14-25)26-24(32)22-27-23-19(4)13-21(16-31(23)28-22)30-12-9-18(3)15-30;1-2-4-6-5-3-1/h6,13,16,18,20H,1,7-12,14-15,17H2,2-5H3,(H,26,32);1-6H. The lowest BCUT2D eigenvalue weighted by Gasteiger charge is -2.32. The maximum Gasteiger partial charge on any atom is 0.291 e. The summed E-state index contributed by atoms with van der Waals surface area (Å²) in [6.45, 7) is 14.5. The number of carbonyl (C=O) groups is 1. The summed E-state index contributed by atoms with van der Waals surface area (Å²) in [7, 11) is 2.14. The van der Waals surface area contributed by atoms with E-state index in [0.29, 0.717) is 5.92 Å². The molecule has 7 nitrogen and oxygen atoms in total. The van der Waals surface area contributed by atoms with Gasteiger partial charge >= 0.3 is 0 Å². The molecule has 1 aliphatic carbocycles. The molecule has 7 heteroatoms. The van der Waals surface area contributed by atoms with Crippen molar-refractivity contribution in [3.8, 4) is 0 Å². The lowest BCUT2D eigenvalue weighted by Crippen LogP contribution is -2.38. The average molecular weight is 517 g/mol. The van der Waals surface area contributed by atoms with Gasteiger partial charge in [-0.2, -0.15) is 0 Å². The van der Waals surface area contributed by atoms with Crippen LogP contribution in [0.5, 0.6) is 0 Å². The van der Waals surface area contributed by atoms with Gasteiger partial charge in [-0.05, 0) is 69.0 Å². The molecule has 1 N–H and O–H groups in total. The number of nitrogens with one attached hydrogen (secondary N) is 1. The van der Waals surface area contributed by atoms with Crippen LogP contribution < -0.4 is 10.2 Å². The Morgan fingerprint density at radius 2 is 1.95 bits per heavy atom. The van der Waals surface area contributed by atoms with Crippen molar-refractivity contribution in [2.24, 2.45) is 11.3 Å². The van der Waals surface area contributed by atoms with E-state index in [1.807, 2.05) is 55.6 Å². The van der Waals surface area contributed by atoms with Gasteiger partial charge in [0.15, 0.2) is 5.65 Å². The van der Waals surface area contributed by atoms with Crippen molar-refractivity contribution >= 4 is 17.2 Å². The Hall–Kier alpha value is -3.19. The van der Waals surface area contributed by atoms with E-state index in [2.05, 4.69) is 58.7 Å². The monoisotopic (exact) mass is 516 g/mol. The number of rotatable bonds is 8. The van der Waals surface area contributed by atoms with Gasteiger partial charge < -0.3 is 15.1 Å². The zero-order valence-corrected chi connectivity index (χ0v) is 23.6. The van der Waals surface area contributed by atoms with Gasteiger partial charge in [0.05, 0.1) is 11.9 Å². The molecule has 3 unspecified atom stereocenters. The Kier molecular flexibility index (Phi) is 9.21. The molecule has 2 aromatic heterocycles. The van der Waals surface area contributed by atoms with Gasteiger partial charge in [0.25, 0.3) is 5.91 Å². The van der Waals surface area contributed by atoms with Crippen LogP contribution in [0.2, 0.25) is 0 Å². The van der Waals surface area contributed by atoms with Gasteiger partial charge in [-0.1, -0.05) is 56.3 Å². The van der Waals surface area contributed by atoms with Gasteiger partial charge in [0.1, 0.15) is 0 Å². The molecule has 0 radical (unpaired) electrons. The van der Waals surface area contributed by atoms with Gasteiger partial charge in [-0.15, -0.1) is 11.7 Å². The molecule has 5 rings (SSSR count). The van der Waals surface area contributed by atoms with Gasteiger partial charge in [-0.25, -0.2) is 9.50 Å². The number of nitrogens with zero attached hydrogens (tertiary/aromatic N) is 5. The molecule has 3 aromatic rings. The minimum Gasteiger partial charge on any atom is -0.370 e. The lowest BCUT2D eigenvalue weighted by molar-refractivity contribution is 0.0922. The van der Waals surface area contributed by atoms with Crippen molar-refractivity contribution < 1.29 is 4.79 Å². The first kappa shape index (κ1) is 27.8. The van der Waals surface area contributed by atoms with E-state index >= 15 is 0 Å². The largest absolute Gasteiger partial charge is 0.370 e. The number of anilines is 1. The summed E-state index contributed by atoms with van der Waals surface area (Å²) >= 11 is 0. The summed E-state index contributed by atoms with van der Waals surface area (Å²) in [5, 5.41) is 7.76. The molecule has 1 saturated heterocycles. The second-order valence-electron chi connectivity index (χ2n) is 11.3. The highest BCUT2D eigenvalue weighted by Gasteiger charge is 2.39. The topological polar surface area (TPSA) is 65.8 Å². The van der Waals surface area contributed by atoms with E-state index in [9.17, 15) is 4.79 Å². The molecule has 0 spiro atoms. The Labute approximate surface area is 227 Å². The molecule has 38 heavy (non-hydrogen) atoms. The molecule has 3 atom stereocenters. The normalized spacial score (nSPS) is 22.9. The van der Waals surface area contributed by atoms with E-state index in [1.165, 1.54) is 6.42 Å². The van der Waals surface area contributed by atoms with Crippen molar-refractivity contribution in [2.75, 3.05) is 38.1 Å². The van der Waals surface area contributed by atoms with Crippen LogP contribution in [0.25, 0.3) is 5.65 Å². The molecular formula is C31H44N6O. The molecular weight excluding hydrogens is 472 g/mol. The van der Waals surface area contributed by atoms with Gasteiger partial charge in [-0.3, -0.25) is 4.79 Å². The van der Waals surface area contributed by atoms with Crippen molar-refractivity contribution in [3.05, 3.63) is 72.7 Å². The van der Waals surface area contributed by atoms with E-state index in [0.717, 1.165) is 68.8 Å². The number of hydrogen-bond acceptors (Lipinski definition) is 5. The zero-order chi connectivity index (χ0) is 27.1. The maximum absolute atomic E-state index is 13.0. The maximum atomic E-state index is 13.0. The summed E-state index contributed by atoms with van der Waals surface area (Å²) in [6, 6.07) is 14.3. The van der Waals surface area contributed by atoms with E-state index in [1.54, 1.807) is 4.52 Å². The number of pyridine rings is 1. The van der Waals surface area contributed by atoms with E-state index in [4.69, 9.17) is 0 Å². The fourth-order valence-corrected chi connectivity index (χ4v) is 5.97. The SMILES string of the molecule is C=CCN(C)CC1(CC)CCC(NC(=O)c2nc3c(C)cc(N4CCC(C)C4)cn3n2)C1.c1ccccc1. The summed E-state index contributed by atoms with van der Waals surface area (Å²) < 4.78 is 1.78. The number of benzene rings is 1. The average Bonchev–Trinajstić information content (AvgIpc) is 3.65. The highest BCUT2D eigenvalue weighted by atomic mass is 16.2.